The van der Waals surface area contributed by atoms with Crippen molar-refractivity contribution >= 4 is 16.7 Å². The Hall–Kier alpha value is -3.41. The molecule has 5 nitrogen and oxygen atoms in total. The van der Waals surface area contributed by atoms with Crippen LogP contribution in [-0.4, -0.2) is 41.3 Å². The van der Waals surface area contributed by atoms with Crippen LogP contribution in [0.5, 0.6) is 5.75 Å². The van der Waals surface area contributed by atoms with Crippen molar-refractivity contribution in [3.05, 3.63) is 95.2 Å². The molecule has 5 heteroatoms. The molecule has 0 aliphatic rings. The fraction of sp³-hybridized carbons (Fsp3) is 0.276. The molecule has 0 unspecified atom stereocenters. The summed E-state index contributed by atoms with van der Waals surface area (Å²) in [5.74, 6) is 0.660. The van der Waals surface area contributed by atoms with E-state index in [2.05, 4.69) is 53.2 Å². The van der Waals surface area contributed by atoms with E-state index in [1.165, 1.54) is 11.1 Å². The molecule has 0 bridgehead atoms. The molecule has 4 aromatic rings. The number of fused-ring (bicyclic) bond motifs is 1. The lowest BCUT2D eigenvalue weighted by molar-refractivity contribution is 0.101. The van der Waals surface area contributed by atoms with Gasteiger partial charge in [0.25, 0.3) is 0 Å². The van der Waals surface area contributed by atoms with Gasteiger partial charge >= 0.3 is 0 Å². The quantitative estimate of drug-likeness (QED) is 0.260. The van der Waals surface area contributed by atoms with E-state index in [9.17, 15) is 9.90 Å². The third-order valence-corrected chi connectivity index (χ3v) is 6.08. The topological polar surface area (TPSA) is 63.5 Å². The number of aryl methyl sites for hydroxylation is 1. The molecule has 1 atom stereocenters. The van der Waals surface area contributed by atoms with Crippen molar-refractivity contribution in [3.8, 4) is 11.4 Å². The average molecular weight is 457 g/mol. The number of hydrogen-bond acceptors (Lipinski definition) is 4. The van der Waals surface area contributed by atoms with E-state index in [-0.39, 0.29) is 12.4 Å². The minimum absolute atomic E-state index is 0.0214. The summed E-state index contributed by atoms with van der Waals surface area (Å²) in [4.78, 5) is 12.5. The first-order valence-corrected chi connectivity index (χ1v) is 11.7. The Kier molecular flexibility index (Phi) is 7.46. The molecule has 176 valence electrons. The fourth-order valence-corrected chi connectivity index (χ4v) is 4.36. The highest BCUT2D eigenvalue weighted by molar-refractivity contribution is 6.09. The summed E-state index contributed by atoms with van der Waals surface area (Å²) in [5.41, 5.74) is 6.04. The van der Waals surface area contributed by atoms with Crippen molar-refractivity contribution in [1.29, 1.82) is 0 Å². The molecule has 34 heavy (non-hydrogen) atoms. The zero-order valence-electron chi connectivity index (χ0n) is 20.0. The number of aliphatic hydroxyl groups is 1. The van der Waals surface area contributed by atoms with Crippen LogP contribution in [0.1, 0.15) is 34.1 Å². The van der Waals surface area contributed by atoms with Gasteiger partial charge in [-0.3, -0.25) is 4.79 Å². The monoisotopic (exact) mass is 456 g/mol. The Balaban J connectivity index is 1.44. The Morgan fingerprint density at radius 2 is 1.76 bits per heavy atom. The number of carbonyl (C=O) groups excluding carboxylic acids is 1. The average Bonchev–Trinajstić information content (AvgIpc) is 3.13. The Labute approximate surface area is 201 Å². The van der Waals surface area contributed by atoms with Crippen LogP contribution >= 0.6 is 0 Å². The largest absolute Gasteiger partial charge is 0.491 e. The Morgan fingerprint density at radius 1 is 1.03 bits per heavy atom. The van der Waals surface area contributed by atoms with E-state index < -0.39 is 6.10 Å². The van der Waals surface area contributed by atoms with Crippen LogP contribution in [0.25, 0.3) is 16.6 Å². The summed E-state index contributed by atoms with van der Waals surface area (Å²) < 4.78 is 8.00. The van der Waals surface area contributed by atoms with Crippen molar-refractivity contribution in [2.75, 3.05) is 19.7 Å². The van der Waals surface area contributed by atoms with E-state index in [0.717, 1.165) is 35.2 Å². The van der Waals surface area contributed by atoms with Gasteiger partial charge in [-0.15, -0.1) is 0 Å². The number of carbonyl (C=O) groups is 1. The molecule has 0 saturated carbocycles. The van der Waals surface area contributed by atoms with Gasteiger partial charge in [-0.1, -0.05) is 48.0 Å². The number of rotatable bonds is 10. The van der Waals surface area contributed by atoms with Gasteiger partial charge in [0.15, 0.2) is 5.78 Å². The smallest absolute Gasteiger partial charge is 0.162 e. The molecular weight excluding hydrogens is 424 g/mol. The highest BCUT2D eigenvalue weighted by Gasteiger charge is 2.19. The highest BCUT2D eigenvalue weighted by atomic mass is 16.5. The standard InChI is InChI=1S/C29H32N2O3/c1-20-9-11-24(12-10-20)31-21(2)29(22(3)32)27-17-26(13-14-28(27)31)34-19-25(33)18-30-16-15-23-7-5-4-6-8-23/h4-14,17,25,30,33H,15-16,18-19H2,1-3H3/t25-/m0/s1. The predicted molar refractivity (Wildman–Crippen MR) is 137 cm³/mol. The lowest BCUT2D eigenvalue weighted by Crippen LogP contribution is -2.32. The lowest BCUT2D eigenvalue weighted by atomic mass is 10.1. The second-order valence-electron chi connectivity index (χ2n) is 8.77. The van der Waals surface area contributed by atoms with E-state index in [4.69, 9.17) is 4.74 Å². The lowest BCUT2D eigenvalue weighted by Gasteiger charge is -2.14. The number of ether oxygens (including phenoxy) is 1. The molecular formula is C29H32N2O3. The predicted octanol–water partition coefficient (Wildman–Crippen LogP) is 5.02. The normalized spacial score (nSPS) is 12.1. The molecule has 0 fully saturated rings. The summed E-state index contributed by atoms with van der Waals surface area (Å²) in [6, 6.07) is 24.3. The maximum absolute atomic E-state index is 12.5. The second-order valence-corrected chi connectivity index (χ2v) is 8.77. The van der Waals surface area contributed by atoms with Crippen LogP contribution in [-0.2, 0) is 6.42 Å². The summed E-state index contributed by atoms with van der Waals surface area (Å²) in [7, 11) is 0. The number of benzene rings is 3. The number of hydrogen-bond donors (Lipinski definition) is 2. The van der Waals surface area contributed by atoms with Crippen LogP contribution in [0.4, 0.5) is 0 Å². The van der Waals surface area contributed by atoms with Crippen LogP contribution in [0, 0.1) is 13.8 Å². The zero-order chi connectivity index (χ0) is 24.1. The van der Waals surface area contributed by atoms with Crippen molar-refractivity contribution in [3.63, 3.8) is 0 Å². The van der Waals surface area contributed by atoms with Gasteiger partial charge < -0.3 is 19.7 Å². The zero-order valence-corrected chi connectivity index (χ0v) is 20.0. The molecule has 0 saturated heterocycles. The highest BCUT2D eigenvalue weighted by Crippen LogP contribution is 2.32. The Bertz CT molecular complexity index is 1260. The summed E-state index contributed by atoms with van der Waals surface area (Å²) in [5, 5.41) is 14.5. The first kappa shape index (κ1) is 23.7. The van der Waals surface area contributed by atoms with Gasteiger partial charge in [-0.2, -0.15) is 0 Å². The molecule has 0 aliphatic carbocycles. The molecule has 1 aromatic heterocycles. The second kappa shape index (κ2) is 10.7. The van der Waals surface area contributed by atoms with E-state index >= 15 is 0 Å². The van der Waals surface area contributed by atoms with Crippen LogP contribution < -0.4 is 10.1 Å². The third-order valence-electron chi connectivity index (χ3n) is 6.08. The summed E-state index contributed by atoms with van der Waals surface area (Å²) >= 11 is 0. The minimum atomic E-state index is -0.627. The van der Waals surface area contributed by atoms with Crippen molar-refractivity contribution in [2.24, 2.45) is 0 Å². The van der Waals surface area contributed by atoms with Crippen molar-refractivity contribution in [2.45, 2.75) is 33.3 Å². The van der Waals surface area contributed by atoms with E-state index in [0.29, 0.717) is 17.9 Å². The summed E-state index contributed by atoms with van der Waals surface area (Å²) in [6.45, 7) is 7.05. The van der Waals surface area contributed by atoms with Crippen molar-refractivity contribution < 1.29 is 14.6 Å². The van der Waals surface area contributed by atoms with Crippen LogP contribution in [0.15, 0.2) is 72.8 Å². The number of ketones is 1. The number of aliphatic hydroxyl groups excluding tert-OH is 1. The molecule has 1 heterocycles. The minimum Gasteiger partial charge on any atom is -0.491 e. The van der Waals surface area contributed by atoms with Crippen molar-refractivity contribution in [1.82, 2.24) is 9.88 Å². The molecule has 0 radical (unpaired) electrons. The third kappa shape index (κ3) is 5.38. The molecule has 0 aliphatic heterocycles. The maximum atomic E-state index is 12.5. The molecule has 3 aromatic carbocycles. The Morgan fingerprint density at radius 3 is 2.47 bits per heavy atom. The molecule has 0 spiro atoms. The molecule has 0 amide bonds. The van der Waals surface area contributed by atoms with Gasteiger partial charge in [-0.05, 0) is 69.6 Å². The van der Waals surface area contributed by atoms with Gasteiger partial charge in [0.2, 0.25) is 0 Å². The maximum Gasteiger partial charge on any atom is 0.162 e. The number of nitrogens with one attached hydrogen (secondary N) is 1. The van der Waals surface area contributed by atoms with Gasteiger partial charge in [0.05, 0.1) is 5.52 Å². The van der Waals surface area contributed by atoms with E-state index in [1.807, 2.05) is 43.3 Å². The first-order chi connectivity index (χ1) is 16.4. The fourth-order valence-electron chi connectivity index (χ4n) is 4.36. The van der Waals surface area contributed by atoms with Gasteiger partial charge in [0, 0.05) is 28.9 Å². The van der Waals surface area contributed by atoms with Gasteiger partial charge in [-0.25, -0.2) is 0 Å². The number of aromatic nitrogens is 1. The van der Waals surface area contributed by atoms with Crippen LogP contribution in [0.2, 0.25) is 0 Å². The SMILES string of the molecule is CC(=O)c1c(C)n(-c2ccc(C)cc2)c2ccc(OC[C@@H](O)CNCCc3ccccc3)cc12. The number of Topliss-reactive ketones (excluding diaryl/α,β-unsaturated/α-hetero) is 1. The number of nitrogens with zero attached hydrogens (tertiary/aromatic N) is 1. The van der Waals surface area contributed by atoms with Crippen LogP contribution in [0.3, 0.4) is 0 Å². The molecule has 2 N–H and O–H groups in total. The van der Waals surface area contributed by atoms with Gasteiger partial charge in [0.1, 0.15) is 18.5 Å². The van der Waals surface area contributed by atoms with E-state index in [1.54, 1.807) is 6.92 Å². The summed E-state index contributed by atoms with van der Waals surface area (Å²) in [6.07, 6.45) is 0.286. The molecule has 4 rings (SSSR count). The first-order valence-electron chi connectivity index (χ1n) is 11.7.